The van der Waals surface area contributed by atoms with Crippen LogP contribution in [0.15, 0.2) is 26.8 Å². The van der Waals surface area contributed by atoms with Gasteiger partial charge in [-0.15, -0.1) is 11.3 Å². The summed E-state index contributed by atoms with van der Waals surface area (Å²) >= 11 is 1.07. The van der Waals surface area contributed by atoms with E-state index in [2.05, 4.69) is 14.4 Å². The molecular formula is C22H33F2N3O4S2. The Morgan fingerprint density at radius 2 is 1.67 bits per heavy atom. The summed E-state index contributed by atoms with van der Waals surface area (Å²) < 4.78 is 47.5. The summed E-state index contributed by atoms with van der Waals surface area (Å²) in [4.78, 5) is 0.604. The number of hydrogen-bond acceptors (Lipinski definition) is 7. The molecule has 11 heteroatoms. The number of anilines is 1. The zero-order valence-corrected chi connectivity index (χ0v) is 21.5. The number of aryl methyl sites for hydroxylation is 1. The molecule has 2 rings (SSSR count). The van der Waals surface area contributed by atoms with E-state index in [1.54, 1.807) is 26.8 Å². The molecule has 0 fully saturated rings. The number of nitrogens with one attached hydrogen (secondary N) is 1. The maximum Gasteiger partial charge on any atom is 0.387 e. The quantitative estimate of drug-likeness (QED) is 0.349. The Balaban J connectivity index is 2.49. The first-order valence-electron chi connectivity index (χ1n) is 10.5. The van der Waals surface area contributed by atoms with E-state index in [1.807, 2.05) is 27.7 Å². The fraction of sp³-hybridized carbons (Fsp3) is 0.545. The molecule has 2 atom stereocenters. The lowest BCUT2D eigenvalue weighted by Crippen LogP contribution is -2.23. The minimum Gasteiger partial charge on any atom is -0.435 e. The Labute approximate surface area is 198 Å². The lowest BCUT2D eigenvalue weighted by atomic mass is 9.92. The Morgan fingerprint density at radius 1 is 1.15 bits per heavy atom. The SMILES string of the molecule is Cc1cc(S(N)(=O)=NC(O)Nc2c(C(C)C)cc(OC(F)F)cc2C(C)C)sc1C(C)(C)O. The first-order valence-corrected chi connectivity index (χ1v) is 12.9. The van der Waals surface area contributed by atoms with Crippen molar-refractivity contribution in [3.05, 3.63) is 39.8 Å². The Hall–Kier alpha value is -1.79. The van der Waals surface area contributed by atoms with Gasteiger partial charge in [0.25, 0.3) is 0 Å². The zero-order valence-electron chi connectivity index (χ0n) is 19.8. The highest BCUT2D eigenvalue weighted by molar-refractivity contribution is 7.93. The Kier molecular flexibility index (Phi) is 8.51. The van der Waals surface area contributed by atoms with Crippen molar-refractivity contribution in [1.82, 2.24) is 0 Å². The average Bonchev–Trinajstić information content (AvgIpc) is 3.04. The van der Waals surface area contributed by atoms with Crippen LogP contribution < -0.4 is 15.2 Å². The summed E-state index contributed by atoms with van der Waals surface area (Å²) in [6.45, 7) is 9.53. The van der Waals surface area contributed by atoms with Gasteiger partial charge >= 0.3 is 6.61 Å². The van der Waals surface area contributed by atoms with Crippen LogP contribution in [0.3, 0.4) is 0 Å². The molecule has 0 aliphatic rings. The van der Waals surface area contributed by atoms with Crippen molar-refractivity contribution in [3.63, 3.8) is 0 Å². The molecule has 1 aromatic carbocycles. The van der Waals surface area contributed by atoms with E-state index in [1.165, 1.54) is 12.1 Å². The normalized spacial score (nSPS) is 15.1. The second-order valence-corrected chi connectivity index (χ2v) is 12.1. The molecule has 0 radical (unpaired) electrons. The summed E-state index contributed by atoms with van der Waals surface area (Å²) in [5.74, 6) is -0.185. The molecule has 186 valence electrons. The van der Waals surface area contributed by atoms with Crippen molar-refractivity contribution in [2.24, 2.45) is 9.50 Å². The first-order chi connectivity index (χ1) is 15.0. The molecule has 0 saturated heterocycles. The predicted molar refractivity (Wildman–Crippen MR) is 128 cm³/mol. The Bertz CT molecular complexity index is 1070. The molecule has 7 nitrogen and oxygen atoms in total. The van der Waals surface area contributed by atoms with E-state index in [-0.39, 0.29) is 21.8 Å². The van der Waals surface area contributed by atoms with Crippen molar-refractivity contribution in [3.8, 4) is 5.75 Å². The van der Waals surface area contributed by atoms with Crippen LogP contribution in [0.2, 0.25) is 0 Å². The highest BCUT2D eigenvalue weighted by atomic mass is 32.2. The molecule has 0 aliphatic carbocycles. The van der Waals surface area contributed by atoms with Crippen LogP contribution in [-0.2, 0) is 15.5 Å². The smallest absolute Gasteiger partial charge is 0.387 e. The van der Waals surface area contributed by atoms with E-state index >= 15 is 0 Å². The molecule has 0 aliphatic heterocycles. The van der Waals surface area contributed by atoms with Gasteiger partial charge in [-0.3, -0.25) is 0 Å². The number of hydrogen-bond donors (Lipinski definition) is 4. The molecule has 1 aromatic heterocycles. The molecule has 33 heavy (non-hydrogen) atoms. The van der Waals surface area contributed by atoms with Gasteiger partial charge in [-0.25, -0.2) is 9.35 Å². The van der Waals surface area contributed by atoms with E-state index in [0.29, 0.717) is 21.7 Å². The van der Waals surface area contributed by atoms with Crippen LogP contribution in [0, 0.1) is 6.92 Å². The third-order valence-electron chi connectivity index (χ3n) is 4.91. The highest BCUT2D eigenvalue weighted by Gasteiger charge is 2.25. The van der Waals surface area contributed by atoms with Gasteiger partial charge in [-0.05, 0) is 67.5 Å². The second kappa shape index (κ2) is 10.2. The zero-order chi connectivity index (χ0) is 25.3. The molecule has 0 bridgehead atoms. The maximum absolute atomic E-state index is 13.1. The summed E-state index contributed by atoms with van der Waals surface area (Å²) in [6.07, 6.45) is -1.63. The topological polar surface area (TPSA) is 117 Å². The van der Waals surface area contributed by atoms with Crippen molar-refractivity contribution in [2.45, 2.75) is 83.1 Å². The van der Waals surface area contributed by atoms with Gasteiger partial charge in [0.15, 0.2) is 0 Å². The molecule has 5 N–H and O–H groups in total. The van der Waals surface area contributed by atoms with Gasteiger partial charge in [0.05, 0.1) is 5.60 Å². The standard InChI is InChI=1S/C22H33F2N3O4S2/c1-11(2)15-9-14(31-20(23)24)10-16(12(3)4)18(15)26-21(28)27-33(25,30)17-8-13(5)19(32-17)22(6,7)29/h8-12,20-21,26,28-29H,1-7H3,(H2,25,27,30). The number of aliphatic hydroxyl groups excluding tert-OH is 1. The number of ether oxygens (including phenoxy) is 1. The number of nitrogens with zero attached hydrogens (tertiary/aromatic N) is 1. The molecule has 1 heterocycles. The third kappa shape index (κ3) is 6.86. The van der Waals surface area contributed by atoms with Crippen molar-refractivity contribution < 1.29 is 27.9 Å². The monoisotopic (exact) mass is 505 g/mol. The van der Waals surface area contributed by atoms with Gasteiger partial charge in [0.1, 0.15) is 19.9 Å². The summed E-state index contributed by atoms with van der Waals surface area (Å²) in [5.41, 5.74) is 1.33. The fourth-order valence-electron chi connectivity index (χ4n) is 3.47. The lowest BCUT2D eigenvalue weighted by molar-refractivity contribution is -0.0499. The minimum absolute atomic E-state index is 0.0187. The van der Waals surface area contributed by atoms with Crippen LogP contribution >= 0.6 is 11.3 Å². The number of rotatable bonds is 9. The van der Waals surface area contributed by atoms with Gasteiger partial charge in [-0.2, -0.15) is 13.1 Å². The van der Waals surface area contributed by atoms with E-state index < -0.39 is 28.5 Å². The summed E-state index contributed by atoms with van der Waals surface area (Å²) in [6, 6.07) is 4.55. The average molecular weight is 506 g/mol. The highest BCUT2D eigenvalue weighted by Crippen LogP contribution is 2.38. The van der Waals surface area contributed by atoms with Crippen molar-refractivity contribution in [1.29, 1.82) is 0 Å². The molecule has 0 saturated carbocycles. The van der Waals surface area contributed by atoms with Crippen molar-refractivity contribution >= 4 is 26.9 Å². The molecule has 0 amide bonds. The molecule has 2 aromatic rings. The minimum atomic E-state index is -3.49. The van der Waals surface area contributed by atoms with Crippen LogP contribution in [0.1, 0.15) is 74.9 Å². The maximum atomic E-state index is 13.1. The third-order valence-corrected chi connectivity index (χ3v) is 8.43. The molecular weight excluding hydrogens is 472 g/mol. The van der Waals surface area contributed by atoms with Crippen LogP contribution in [0.4, 0.5) is 14.5 Å². The number of halogens is 2. The molecule has 0 spiro atoms. The van der Waals surface area contributed by atoms with Gasteiger partial charge in [-0.1, -0.05) is 27.7 Å². The van der Waals surface area contributed by atoms with E-state index in [4.69, 9.17) is 5.14 Å². The van der Waals surface area contributed by atoms with Gasteiger partial charge in [0.2, 0.25) is 6.35 Å². The first kappa shape index (κ1) is 27.5. The fourth-order valence-corrected chi connectivity index (χ4v) is 6.03. The van der Waals surface area contributed by atoms with Crippen LogP contribution in [0.5, 0.6) is 5.75 Å². The van der Waals surface area contributed by atoms with Gasteiger partial charge < -0.3 is 20.3 Å². The number of aliphatic hydroxyl groups is 2. The number of thiophene rings is 1. The number of nitrogens with two attached hydrogens (primary N) is 1. The second-order valence-electron chi connectivity index (χ2n) is 8.99. The largest absolute Gasteiger partial charge is 0.435 e. The summed E-state index contributed by atoms with van der Waals surface area (Å²) in [5, 5.41) is 29.7. The summed E-state index contributed by atoms with van der Waals surface area (Å²) in [7, 11) is -3.49. The number of alkyl halides is 2. The number of benzene rings is 1. The van der Waals surface area contributed by atoms with Crippen LogP contribution in [-0.4, -0.2) is 27.4 Å². The van der Waals surface area contributed by atoms with Crippen LogP contribution in [0.25, 0.3) is 0 Å². The van der Waals surface area contributed by atoms with E-state index in [0.717, 1.165) is 16.9 Å². The van der Waals surface area contributed by atoms with E-state index in [9.17, 15) is 23.2 Å². The molecule has 2 unspecified atom stereocenters. The Morgan fingerprint density at radius 3 is 2.06 bits per heavy atom. The lowest BCUT2D eigenvalue weighted by Gasteiger charge is -2.24. The predicted octanol–water partition coefficient (Wildman–Crippen LogP) is 5.22. The van der Waals surface area contributed by atoms with Gasteiger partial charge in [0, 0.05) is 10.6 Å². The van der Waals surface area contributed by atoms with Crippen molar-refractivity contribution in [2.75, 3.05) is 5.32 Å².